The van der Waals surface area contributed by atoms with Crippen LogP contribution in [0.1, 0.15) is 39.0 Å². The first-order valence-electron chi connectivity index (χ1n) is 6.30. The second-order valence-electron chi connectivity index (χ2n) is 4.99. The molecule has 0 amide bonds. The summed E-state index contributed by atoms with van der Waals surface area (Å²) < 4.78 is 5.53. The zero-order valence-corrected chi connectivity index (χ0v) is 9.61. The third-order valence-corrected chi connectivity index (χ3v) is 3.90. The minimum Gasteiger partial charge on any atom is -0.392 e. The molecule has 0 bridgehead atoms. The molecule has 3 heteroatoms. The van der Waals surface area contributed by atoms with Crippen molar-refractivity contribution >= 4 is 0 Å². The first-order valence-corrected chi connectivity index (χ1v) is 6.30. The van der Waals surface area contributed by atoms with Crippen LogP contribution in [-0.4, -0.2) is 36.5 Å². The topological polar surface area (TPSA) is 41.5 Å². The van der Waals surface area contributed by atoms with Crippen molar-refractivity contribution in [2.24, 2.45) is 5.92 Å². The van der Waals surface area contributed by atoms with Crippen LogP contribution in [0.25, 0.3) is 0 Å². The Morgan fingerprint density at radius 3 is 2.73 bits per heavy atom. The summed E-state index contributed by atoms with van der Waals surface area (Å²) in [5.41, 5.74) is 0. The molecule has 0 aromatic rings. The zero-order chi connectivity index (χ0) is 10.7. The van der Waals surface area contributed by atoms with Crippen LogP contribution >= 0.6 is 0 Å². The highest BCUT2D eigenvalue weighted by atomic mass is 16.5. The summed E-state index contributed by atoms with van der Waals surface area (Å²) in [6.45, 7) is 4.06. The highest BCUT2D eigenvalue weighted by molar-refractivity contribution is 4.83. The molecule has 0 spiro atoms. The first-order chi connectivity index (χ1) is 7.27. The molecule has 4 atom stereocenters. The Morgan fingerprint density at radius 2 is 2.07 bits per heavy atom. The van der Waals surface area contributed by atoms with Crippen molar-refractivity contribution in [1.29, 1.82) is 0 Å². The van der Waals surface area contributed by atoms with Crippen LogP contribution < -0.4 is 5.32 Å². The summed E-state index contributed by atoms with van der Waals surface area (Å²) in [7, 11) is 0. The molecular weight excluding hydrogens is 190 g/mol. The summed E-state index contributed by atoms with van der Waals surface area (Å²) in [6.07, 6.45) is 5.96. The number of ether oxygens (including phenoxy) is 1. The summed E-state index contributed by atoms with van der Waals surface area (Å²) in [5, 5.41) is 13.3. The molecule has 1 heterocycles. The fourth-order valence-electron chi connectivity index (χ4n) is 2.70. The fourth-order valence-corrected chi connectivity index (χ4v) is 2.70. The van der Waals surface area contributed by atoms with Crippen LogP contribution in [-0.2, 0) is 4.74 Å². The predicted molar refractivity (Wildman–Crippen MR) is 59.8 cm³/mol. The van der Waals surface area contributed by atoms with Crippen LogP contribution in [0.2, 0.25) is 0 Å². The maximum absolute atomic E-state index is 9.82. The summed E-state index contributed by atoms with van der Waals surface area (Å²) in [5.74, 6) is 0.638. The van der Waals surface area contributed by atoms with E-state index >= 15 is 0 Å². The second kappa shape index (κ2) is 5.28. The van der Waals surface area contributed by atoms with Gasteiger partial charge >= 0.3 is 0 Å². The van der Waals surface area contributed by atoms with E-state index in [4.69, 9.17) is 4.74 Å². The normalized spacial score (nSPS) is 42.0. The Labute approximate surface area is 92.2 Å². The maximum atomic E-state index is 9.82. The van der Waals surface area contributed by atoms with E-state index in [9.17, 15) is 5.11 Å². The SMILES string of the molecule is CC1OCCC1CN[C@@H]1CCCC[C@H]1O. The Balaban J connectivity index is 1.72. The van der Waals surface area contributed by atoms with E-state index in [1.807, 2.05) is 0 Å². The van der Waals surface area contributed by atoms with Gasteiger partial charge in [-0.2, -0.15) is 0 Å². The number of hydrogen-bond donors (Lipinski definition) is 2. The van der Waals surface area contributed by atoms with Crippen LogP contribution in [0.3, 0.4) is 0 Å². The lowest BCUT2D eigenvalue weighted by Gasteiger charge is -2.30. The number of nitrogens with one attached hydrogen (secondary N) is 1. The van der Waals surface area contributed by atoms with Crippen molar-refractivity contribution in [3.63, 3.8) is 0 Å². The first kappa shape index (κ1) is 11.4. The minimum atomic E-state index is -0.128. The van der Waals surface area contributed by atoms with Gasteiger partial charge in [0.2, 0.25) is 0 Å². The van der Waals surface area contributed by atoms with Crippen LogP contribution in [0.4, 0.5) is 0 Å². The van der Waals surface area contributed by atoms with E-state index in [0.717, 1.165) is 32.4 Å². The van der Waals surface area contributed by atoms with Gasteiger partial charge in [0.25, 0.3) is 0 Å². The monoisotopic (exact) mass is 213 g/mol. The molecule has 2 rings (SSSR count). The van der Waals surface area contributed by atoms with Gasteiger partial charge in [-0.25, -0.2) is 0 Å². The van der Waals surface area contributed by atoms with Gasteiger partial charge in [-0.15, -0.1) is 0 Å². The van der Waals surface area contributed by atoms with Crippen molar-refractivity contribution < 1.29 is 9.84 Å². The molecular formula is C12H23NO2. The maximum Gasteiger partial charge on any atom is 0.0693 e. The Hall–Kier alpha value is -0.120. The third-order valence-electron chi connectivity index (χ3n) is 3.90. The van der Waals surface area contributed by atoms with Crippen molar-refractivity contribution in [2.75, 3.05) is 13.2 Å². The van der Waals surface area contributed by atoms with E-state index in [-0.39, 0.29) is 6.10 Å². The highest BCUT2D eigenvalue weighted by Crippen LogP contribution is 2.22. The molecule has 1 aliphatic heterocycles. The zero-order valence-electron chi connectivity index (χ0n) is 9.61. The Morgan fingerprint density at radius 1 is 1.27 bits per heavy atom. The lowest BCUT2D eigenvalue weighted by molar-refractivity contribution is 0.0795. The molecule has 3 nitrogen and oxygen atoms in total. The lowest BCUT2D eigenvalue weighted by Crippen LogP contribution is -2.44. The number of aliphatic hydroxyl groups is 1. The molecule has 0 aromatic carbocycles. The van der Waals surface area contributed by atoms with E-state index in [2.05, 4.69) is 12.2 Å². The molecule has 2 fully saturated rings. The Kier molecular flexibility index (Phi) is 4.00. The van der Waals surface area contributed by atoms with Crippen LogP contribution in [0.5, 0.6) is 0 Å². The van der Waals surface area contributed by atoms with Crippen molar-refractivity contribution in [3.05, 3.63) is 0 Å². The van der Waals surface area contributed by atoms with E-state index in [0.29, 0.717) is 18.1 Å². The van der Waals surface area contributed by atoms with Gasteiger partial charge in [-0.05, 0) is 32.1 Å². The summed E-state index contributed by atoms with van der Waals surface area (Å²) in [6, 6.07) is 0.326. The van der Waals surface area contributed by atoms with Crippen molar-refractivity contribution in [1.82, 2.24) is 5.32 Å². The van der Waals surface area contributed by atoms with Crippen molar-refractivity contribution in [3.8, 4) is 0 Å². The van der Waals surface area contributed by atoms with Gasteiger partial charge in [-0.1, -0.05) is 12.8 Å². The predicted octanol–water partition coefficient (Wildman–Crippen LogP) is 1.30. The molecule has 1 saturated heterocycles. The number of aliphatic hydroxyl groups excluding tert-OH is 1. The third kappa shape index (κ3) is 2.92. The van der Waals surface area contributed by atoms with Gasteiger partial charge in [0.1, 0.15) is 0 Å². The average Bonchev–Trinajstić information content (AvgIpc) is 2.63. The summed E-state index contributed by atoms with van der Waals surface area (Å²) in [4.78, 5) is 0. The molecule has 2 aliphatic rings. The minimum absolute atomic E-state index is 0.128. The number of rotatable bonds is 3. The van der Waals surface area contributed by atoms with Gasteiger partial charge in [0.05, 0.1) is 12.2 Å². The average molecular weight is 213 g/mol. The molecule has 1 aliphatic carbocycles. The van der Waals surface area contributed by atoms with Gasteiger partial charge in [0.15, 0.2) is 0 Å². The Bertz CT molecular complexity index is 198. The van der Waals surface area contributed by atoms with Crippen LogP contribution in [0, 0.1) is 5.92 Å². The van der Waals surface area contributed by atoms with E-state index in [1.165, 1.54) is 12.8 Å². The largest absolute Gasteiger partial charge is 0.392 e. The smallest absolute Gasteiger partial charge is 0.0693 e. The number of hydrogen-bond acceptors (Lipinski definition) is 3. The molecule has 0 aromatic heterocycles. The summed E-state index contributed by atoms with van der Waals surface area (Å²) >= 11 is 0. The molecule has 2 N–H and O–H groups in total. The van der Waals surface area contributed by atoms with Gasteiger partial charge < -0.3 is 15.2 Å². The quantitative estimate of drug-likeness (QED) is 0.742. The molecule has 0 radical (unpaired) electrons. The molecule has 2 unspecified atom stereocenters. The fraction of sp³-hybridized carbons (Fsp3) is 1.00. The molecule has 1 saturated carbocycles. The van der Waals surface area contributed by atoms with E-state index < -0.39 is 0 Å². The molecule has 88 valence electrons. The standard InChI is InChI=1S/C12H23NO2/c1-9-10(6-7-15-9)8-13-11-4-2-3-5-12(11)14/h9-14H,2-8H2,1H3/t9?,10?,11-,12-/m1/s1. The van der Waals surface area contributed by atoms with Crippen molar-refractivity contribution in [2.45, 2.75) is 57.3 Å². The van der Waals surface area contributed by atoms with Gasteiger partial charge in [-0.3, -0.25) is 0 Å². The van der Waals surface area contributed by atoms with E-state index in [1.54, 1.807) is 0 Å². The van der Waals surface area contributed by atoms with Crippen LogP contribution in [0.15, 0.2) is 0 Å². The highest BCUT2D eigenvalue weighted by Gasteiger charge is 2.27. The molecule has 15 heavy (non-hydrogen) atoms. The lowest BCUT2D eigenvalue weighted by atomic mass is 9.92. The second-order valence-corrected chi connectivity index (χ2v) is 4.99. The van der Waals surface area contributed by atoms with Gasteiger partial charge in [0, 0.05) is 19.2 Å².